The molecule has 3 heteroatoms. The van der Waals surface area contributed by atoms with Gasteiger partial charge in [-0.15, -0.1) is 0 Å². The minimum Gasteiger partial charge on any atom is -0.245 e. The minimum absolute atomic E-state index is 0.826. The van der Waals surface area contributed by atoms with Crippen molar-refractivity contribution < 1.29 is 14.7 Å². The van der Waals surface area contributed by atoms with Gasteiger partial charge >= 0.3 is 5.72 Å². The van der Waals surface area contributed by atoms with Crippen LogP contribution in [0, 0.1) is 0 Å². The number of fused-ring (bicyclic) bond motifs is 3. The first kappa shape index (κ1) is 9.51. The molecule has 1 aliphatic rings. The summed E-state index contributed by atoms with van der Waals surface area (Å²) in [5.41, 5.74) is 2.30. The molecule has 0 fully saturated rings. The van der Waals surface area contributed by atoms with E-state index in [0.717, 1.165) is 16.8 Å². The number of hydrogen-bond donors (Lipinski definition) is 1. The molecule has 0 aliphatic carbocycles. The Morgan fingerprint density at radius 1 is 1.12 bits per heavy atom. The van der Waals surface area contributed by atoms with Gasteiger partial charge < -0.3 is 0 Å². The molecule has 0 saturated heterocycles. The summed E-state index contributed by atoms with van der Waals surface area (Å²) in [6.45, 7) is 1.85. The molecule has 1 aromatic carbocycles. The Labute approximate surface area is 93.5 Å². The zero-order chi connectivity index (χ0) is 11.2. The molecule has 0 spiro atoms. The zero-order valence-electron chi connectivity index (χ0n) is 8.92. The highest BCUT2D eigenvalue weighted by molar-refractivity contribution is 5.64. The summed E-state index contributed by atoms with van der Waals surface area (Å²) in [5.74, 6) is 0. The van der Waals surface area contributed by atoms with Crippen LogP contribution in [-0.4, -0.2) is 5.26 Å². The molecule has 1 atom stereocenters. The maximum atomic E-state index is 9.20. The van der Waals surface area contributed by atoms with E-state index in [1.54, 1.807) is 0 Å². The fourth-order valence-corrected chi connectivity index (χ4v) is 2.37. The molecule has 16 heavy (non-hydrogen) atoms. The molecule has 1 unspecified atom stereocenters. The van der Waals surface area contributed by atoms with E-state index < -0.39 is 5.72 Å². The van der Waals surface area contributed by atoms with Gasteiger partial charge in [-0.1, -0.05) is 12.1 Å². The molecule has 80 valence electrons. The van der Waals surface area contributed by atoms with Crippen molar-refractivity contribution in [3.63, 3.8) is 0 Å². The van der Waals surface area contributed by atoms with Gasteiger partial charge in [-0.05, 0) is 18.2 Å². The topological polar surface area (TPSA) is 33.3 Å². The Morgan fingerprint density at radius 2 is 1.88 bits per heavy atom. The molecule has 1 aromatic heterocycles. The fourth-order valence-electron chi connectivity index (χ4n) is 2.37. The average molecular weight is 214 g/mol. The number of benzene rings is 1. The van der Waals surface area contributed by atoms with Crippen molar-refractivity contribution in [1.82, 2.24) is 0 Å². The van der Waals surface area contributed by atoms with Crippen molar-refractivity contribution in [1.29, 1.82) is 0 Å². The predicted octanol–water partition coefficient (Wildman–Crippen LogP) is 2.17. The van der Waals surface area contributed by atoms with Crippen LogP contribution < -0.4 is 4.57 Å². The van der Waals surface area contributed by atoms with Gasteiger partial charge in [-0.3, -0.25) is 0 Å². The Morgan fingerprint density at radius 3 is 2.69 bits per heavy atom. The highest BCUT2D eigenvalue weighted by Crippen LogP contribution is 2.36. The van der Waals surface area contributed by atoms with E-state index >= 15 is 0 Å². The summed E-state index contributed by atoms with van der Waals surface area (Å²) in [5, 5.41) is 9.20. The molecule has 3 nitrogen and oxygen atoms in total. The molecule has 0 saturated carbocycles. The molecule has 0 radical (unpaired) electrons. The van der Waals surface area contributed by atoms with Gasteiger partial charge in [0.15, 0.2) is 6.20 Å². The van der Waals surface area contributed by atoms with E-state index in [-0.39, 0.29) is 0 Å². The SMILES string of the molecule is CC1(OO)c2ccccc2-c2cccc[n+]21. The Kier molecular flexibility index (Phi) is 1.87. The van der Waals surface area contributed by atoms with E-state index in [1.807, 2.05) is 60.2 Å². The Balaban J connectivity index is 2.39. The fraction of sp³-hybridized carbons (Fsp3) is 0.154. The van der Waals surface area contributed by atoms with Crippen LogP contribution in [0.4, 0.5) is 0 Å². The van der Waals surface area contributed by atoms with E-state index in [4.69, 9.17) is 4.89 Å². The number of nitrogens with zero attached hydrogens (tertiary/aromatic N) is 1. The molecule has 2 heterocycles. The third kappa shape index (κ3) is 1.01. The second kappa shape index (κ2) is 3.14. The van der Waals surface area contributed by atoms with Crippen LogP contribution in [0.1, 0.15) is 12.5 Å². The largest absolute Gasteiger partial charge is 0.325 e. The third-order valence-corrected chi connectivity index (χ3v) is 3.20. The first-order valence-corrected chi connectivity index (χ1v) is 5.21. The van der Waals surface area contributed by atoms with E-state index in [9.17, 15) is 5.26 Å². The van der Waals surface area contributed by atoms with Crippen molar-refractivity contribution in [2.24, 2.45) is 0 Å². The molecular weight excluding hydrogens is 202 g/mol. The lowest BCUT2D eigenvalue weighted by atomic mass is 10.0. The van der Waals surface area contributed by atoms with Crippen molar-refractivity contribution in [2.45, 2.75) is 12.6 Å². The first-order chi connectivity index (χ1) is 7.77. The molecular formula is C13H12NO2+. The Hall–Kier alpha value is -1.71. The van der Waals surface area contributed by atoms with Gasteiger partial charge in [0.2, 0.25) is 5.69 Å². The van der Waals surface area contributed by atoms with Crippen LogP contribution in [0.15, 0.2) is 48.7 Å². The summed E-state index contributed by atoms with van der Waals surface area (Å²) in [6, 6.07) is 13.9. The highest BCUT2D eigenvalue weighted by Gasteiger charge is 2.48. The van der Waals surface area contributed by atoms with Crippen molar-refractivity contribution in [3.8, 4) is 11.3 Å². The maximum absolute atomic E-state index is 9.20. The predicted molar refractivity (Wildman–Crippen MR) is 58.5 cm³/mol. The van der Waals surface area contributed by atoms with Crippen LogP contribution in [-0.2, 0) is 10.6 Å². The number of hydrogen-bond acceptors (Lipinski definition) is 2. The second-order valence-corrected chi connectivity index (χ2v) is 4.08. The number of pyridine rings is 1. The van der Waals surface area contributed by atoms with Crippen molar-refractivity contribution in [3.05, 3.63) is 54.2 Å². The monoisotopic (exact) mass is 214 g/mol. The summed E-state index contributed by atoms with van der Waals surface area (Å²) >= 11 is 0. The Bertz CT molecular complexity index is 506. The van der Waals surface area contributed by atoms with Crippen LogP contribution in [0.3, 0.4) is 0 Å². The van der Waals surface area contributed by atoms with Crippen LogP contribution >= 0.6 is 0 Å². The van der Waals surface area contributed by atoms with E-state index in [0.29, 0.717) is 0 Å². The number of rotatable bonds is 1. The summed E-state index contributed by atoms with van der Waals surface area (Å²) in [6.07, 6.45) is 1.91. The lowest BCUT2D eigenvalue weighted by Gasteiger charge is -2.15. The highest BCUT2D eigenvalue weighted by atomic mass is 17.1. The number of aromatic nitrogens is 1. The van der Waals surface area contributed by atoms with Crippen LogP contribution in [0.2, 0.25) is 0 Å². The van der Waals surface area contributed by atoms with Gasteiger partial charge in [-0.25, -0.2) is 5.26 Å². The molecule has 1 N–H and O–H groups in total. The summed E-state index contributed by atoms with van der Waals surface area (Å²) < 4.78 is 1.93. The van der Waals surface area contributed by atoms with Gasteiger partial charge in [0.1, 0.15) is 0 Å². The second-order valence-electron chi connectivity index (χ2n) is 4.08. The summed E-state index contributed by atoms with van der Waals surface area (Å²) in [4.78, 5) is 4.71. The third-order valence-electron chi connectivity index (χ3n) is 3.20. The zero-order valence-corrected chi connectivity index (χ0v) is 8.92. The van der Waals surface area contributed by atoms with Gasteiger partial charge in [0.05, 0.1) is 11.1 Å². The van der Waals surface area contributed by atoms with Crippen LogP contribution in [0.25, 0.3) is 11.3 Å². The molecule has 0 bridgehead atoms. The normalized spacial score (nSPS) is 21.6. The average Bonchev–Trinajstić information content (AvgIpc) is 2.62. The minimum atomic E-state index is -0.826. The van der Waals surface area contributed by atoms with E-state index in [1.165, 1.54) is 0 Å². The standard InChI is InChI=1S/C13H11NO2/c1-13(16-15)11-7-3-2-6-10(11)12-8-4-5-9-14(12)13/h2-9H,1H3/p+1. The lowest BCUT2D eigenvalue weighted by molar-refractivity contribution is -0.803. The van der Waals surface area contributed by atoms with Gasteiger partial charge in [-0.2, -0.15) is 9.45 Å². The van der Waals surface area contributed by atoms with Gasteiger partial charge in [0.25, 0.3) is 0 Å². The van der Waals surface area contributed by atoms with E-state index in [2.05, 4.69) is 0 Å². The lowest BCUT2D eigenvalue weighted by Crippen LogP contribution is -2.53. The van der Waals surface area contributed by atoms with Gasteiger partial charge in [0, 0.05) is 19.1 Å². The smallest absolute Gasteiger partial charge is 0.245 e. The maximum Gasteiger partial charge on any atom is 0.325 e. The first-order valence-electron chi connectivity index (χ1n) is 5.21. The van der Waals surface area contributed by atoms with Crippen molar-refractivity contribution in [2.75, 3.05) is 0 Å². The van der Waals surface area contributed by atoms with Crippen LogP contribution in [0.5, 0.6) is 0 Å². The molecule has 3 rings (SSSR count). The molecule has 0 amide bonds. The molecule has 2 aromatic rings. The summed E-state index contributed by atoms with van der Waals surface area (Å²) in [7, 11) is 0. The quantitative estimate of drug-likeness (QED) is 0.448. The molecule has 1 aliphatic heterocycles. The van der Waals surface area contributed by atoms with Crippen molar-refractivity contribution >= 4 is 0 Å².